The molecule has 0 spiro atoms. The van der Waals surface area contributed by atoms with Crippen molar-refractivity contribution in [3.05, 3.63) is 97.1 Å². The minimum Gasteiger partial charge on any atom is -0.310 e. The van der Waals surface area contributed by atoms with Crippen LogP contribution in [0.1, 0.15) is 0 Å². The highest BCUT2D eigenvalue weighted by atomic mass is 28.3. The van der Waals surface area contributed by atoms with E-state index in [2.05, 4.69) is 122 Å². The van der Waals surface area contributed by atoms with Crippen LogP contribution in [0.3, 0.4) is 0 Å². The molecule has 0 radical (unpaired) electrons. The summed E-state index contributed by atoms with van der Waals surface area (Å²) in [6.07, 6.45) is 0. The van der Waals surface area contributed by atoms with Gasteiger partial charge in [-0.2, -0.15) is 0 Å². The van der Waals surface area contributed by atoms with Gasteiger partial charge in [-0.1, -0.05) is 91.6 Å². The number of benzene rings is 4. The molecular formula is C25H25NSi. The van der Waals surface area contributed by atoms with E-state index in [-0.39, 0.29) is 0 Å². The molecule has 0 saturated carbocycles. The molecule has 4 aromatic carbocycles. The predicted octanol–water partition coefficient (Wildman–Crippen LogP) is 6.85. The van der Waals surface area contributed by atoms with Crippen molar-refractivity contribution in [3.8, 4) is 0 Å². The van der Waals surface area contributed by atoms with Gasteiger partial charge < -0.3 is 4.90 Å². The highest BCUT2D eigenvalue weighted by Crippen LogP contribution is 2.38. The molecule has 0 aliphatic heterocycles. The lowest BCUT2D eigenvalue weighted by molar-refractivity contribution is 1.30. The molecule has 27 heavy (non-hydrogen) atoms. The summed E-state index contributed by atoms with van der Waals surface area (Å²) in [5, 5.41) is 4.21. The fourth-order valence-corrected chi connectivity index (χ4v) is 5.32. The summed E-state index contributed by atoms with van der Waals surface area (Å²) in [6, 6.07) is 34.7. The molecule has 4 aromatic rings. The lowest BCUT2D eigenvalue weighted by atomic mass is 10.1. The molecule has 0 saturated heterocycles. The zero-order chi connectivity index (χ0) is 18.9. The fraction of sp³-hybridized carbons (Fsp3) is 0.120. The number of para-hydroxylation sites is 2. The van der Waals surface area contributed by atoms with Crippen molar-refractivity contribution >= 4 is 41.1 Å². The van der Waals surface area contributed by atoms with Crippen LogP contribution in [0.15, 0.2) is 97.1 Å². The minimum absolute atomic E-state index is 1.18. The first-order chi connectivity index (χ1) is 13.1. The van der Waals surface area contributed by atoms with Crippen LogP contribution in [0.5, 0.6) is 0 Å². The highest BCUT2D eigenvalue weighted by Gasteiger charge is 2.22. The van der Waals surface area contributed by atoms with Gasteiger partial charge in [0, 0.05) is 16.8 Å². The van der Waals surface area contributed by atoms with E-state index in [0.717, 1.165) is 0 Å². The molecule has 0 aliphatic rings. The average Bonchev–Trinajstić information content (AvgIpc) is 2.69. The maximum atomic E-state index is 2.42. The van der Waals surface area contributed by atoms with Crippen LogP contribution in [0, 0.1) is 0 Å². The Labute approximate surface area is 162 Å². The standard InChI is InChI=1S/C25H25NSi/c1-27(2,3)25-19-18-24(22-16-10-11-17-23(22)25)26(20-12-6-4-7-13-20)21-14-8-5-9-15-21/h4-19H,1-3H3. The van der Waals surface area contributed by atoms with E-state index in [1.165, 1.54) is 33.0 Å². The van der Waals surface area contributed by atoms with Gasteiger partial charge in [-0.15, -0.1) is 0 Å². The van der Waals surface area contributed by atoms with Crippen LogP contribution in [0.2, 0.25) is 19.6 Å². The van der Waals surface area contributed by atoms with Crippen molar-refractivity contribution in [2.24, 2.45) is 0 Å². The van der Waals surface area contributed by atoms with Crippen LogP contribution >= 0.6 is 0 Å². The molecule has 0 N–H and O–H groups in total. The number of rotatable bonds is 4. The Morgan fingerprint density at radius 1 is 0.519 bits per heavy atom. The third kappa shape index (κ3) is 3.41. The topological polar surface area (TPSA) is 3.24 Å². The molecule has 0 atom stereocenters. The molecule has 134 valence electrons. The van der Waals surface area contributed by atoms with Crippen molar-refractivity contribution < 1.29 is 0 Å². The van der Waals surface area contributed by atoms with Crippen molar-refractivity contribution in [3.63, 3.8) is 0 Å². The Morgan fingerprint density at radius 3 is 1.52 bits per heavy atom. The monoisotopic (exact) mass is 367 g/mol. The summed E-state index contributed by atoms with van der Waals surface area (Å²) in [5.74, 6) is 0. The molecule has 0 aliphatic carbocycles. The first kappa shape index (κ1) is 17.6. The van der Waals surface area contributed by atoms with E-state index in [4.69, 9.17) is 0 Å². The summed E-state index contributed by atoms with van der Waals surface area (Å²) in [4.78, 5) is 2.36. The summed E-state index contributed by atoms with van der Waals surface area (Å²) in [7, 11) is -1.43. The molecule has 0 fully saturated rings. The second-order valence-electron chi connectivity index (χ2n) is 7.93. The lowest BCUT2D eigenvalue weighted by Crippen LogP contribution is -2.38. The number of anilines is 3. The smallest absolute Gasteiger partial charge is 0.0784 e. The number of hydrogen-bond donors (Lipinski definition) is 0. The van der Waals surface area contributed by atoms with Crippen LogP contribution < -0.4 is 10.1 Å². The van der Waals surface area contributed by atoms with E-state index in [1.54, 1.807) is 0 Å². The summed E-state index contributed by atoms with van der Waals surface area (Å²) in [5.41, 5.74) is 3.58. The van der Waals surface area contributed by atoms with Crippen LogP contribution in [0.25, 0.3) is 10.8 Å². The Bertz CT molecular complexity index is 1010. The summed E-state index contributed by atoms with van der Waals surface area (Å²) in [6.45, 7) is 7.25. The molecule has 1 nitrogen and oxygen atoms in total. The van der Waals surface area contributed by atoms with E-state index < -0.39 is 8.07 Å². The molecule has 0 unspecified atom stereocenters. The van der Waals surface area contributed by atoms with Gasteiger partial charge in [0.05, 0.1) is 13.8 Å². The normalized spacial score (nSPS) is 11.5. The molecular weight excluding hydrogens is 342 g/mol. The van der Waals surface area contributed by atoms with Gasteiger partial charge >= 0.3 is 0 Å². The van der Waals surface area contributed by atoms with Gasteiger partial charge in [0.2, 0.25) is 0 Å². The first-order valence-electron chi connectivity index (χ1n) is 9.48. The van der Waals surface area contributed by atoms with Crippen molar-refractivity contribution in [2.75, 3.05) is 4.90 Å². The maximum Gasteiger partial charge on any atom is 0.0784 e. The maximum absolute atomic E-state index is 2.42. The molecule has 0 amide bonds. The Hall–Kier alpha value is -2.84. The summed E-state index contributed by atoms with van der Waals surface area (Å²) < 4.78 is 0. The van der Waals surface area contributed by atoms with E-state index in [0.29, 0.717) is 0 Å². The number of nitrogens with zero attached hydrogens (tertiary/aromatic N) is 1. The van der Waals surface area contributed by atoms with Crippen LogP contribution in [0.4, 0.5) is 17.1 Å². The van der Waals surface area contributed by atoms with Crippen molar-refractivity contribution in [1.29, 1.82) is 0 Å². The van der Waals surface area contributed by atoms with E-state index >= 15 is 0 Å². The molecule has 0 bridgehead atoms. The Kier molecular flexibility index (Phi) is 4.59. The predicted molar refractivity (Wildman–Crippen MR) is 122 cm³/mol. The SMILES string of the molecule is C[Si](C)(C)c1ccc(N(c2ccccc2)c2ccccc2)c2ccccc12. The second-order valence-corrected chi connectivity index (χ2v) is 13.0. The minimum atomic E-state index is -1.43. The lowest BCUT2D eigenvalue weighted by Gasteiger charge is -2.28. The van der Waals surface area contributed by atoms with E-state index in [9.17, 15) is 0 Å². The zero-order valence-corrected chi connectivity index (χ0v) is 17.2. The third-order valence-corrected chi connectivity index (χ3v) is 7.03. The van der Waals surface area contributed by atoms with Crippen molar-refractivity contribution in [1.82, 2.24) is 0 Å². The molecule has 2 heteroatoms. The van der Waals surface area contributed by atoms with Gasteiger partial charge in [0.15, 0.2) is 0 Å². The fourth-order valence-electron chi connectivity index (χ4n) is 3.71. The number of hydrogen-bond acceptors (Lipinski definition) is 1. The molecule has 0 aromatic heterocycles. The average molecular weight is 368 g/mol. The van der Waals surface area contributed by atoms with Crippen molar-refractivity contribution in [2.45, 2.75) is 19.6 Å². The van der Waals surface area contributed by atoms with Crippen LogP contribution in [-0.4, -0.2) is 8.07 Å². The van der Waals surface area contributed by atoms with Crippen LogP contribution in [-0.2, 0) is 0 Å². The van der Waals surface area contributed by atoms with Gasteiger partial charge in [-0.05, 0) is 35.7 Å². The third-order valence-electron chi connectivity index (χ3n) is 4.98. The summed E-state index contributed by atoms with van der Waals surface area (Å²) >= 11 is 0. The highest BCUT2D eigenvalue weighted by molar-refractivity contribution is 6.90. The van der Waals surface area contributed by atoms with Gasteiger partial charge in [-0.3, -0.25) is 0 Å². The quantitative estimate of drug-likeness (QED) is 0.356. The first-order valence-corrected chi connectivity index (χ1v) is 13.0. The zero-order valence-electron chi connectivity index (χ0n) is 16.2. The molecule has 0 heterocycles. The van der Waals surface area contributed by atoms with Gasteiger partial charge in [0.1, 0.15) is 0 Å². The molecule has 4 rings (SSSR count). The van der Waals surface area contributed by atoms with E-state index in [1.807, 2.05) is 0 Å². The van der Waals surface area contributed by atoms with Gasteiger partial charge in [0.25, 0.3) is 0 Å². The second kappa shape index (κ2) is 7.05. The largest absolute Gasteiger partial charge is 0.310 e. The Morgan fingerprint density at radius 2 is 1.00 bits per heavy atom. The Balaban J connectivity index is 2.01. The van der Waals surface area contributed by atoms with Gasteiger partial charge in [-0.25, -0.2) is 0 Å². The number of fused-ring (bicyclic) bond motifs is 1.